The standard InChI is InChI=1S/C24H21ClN4O2S/c25-20-13-7-8-14-21(20)26-23(30)17-32-24-28-27-22(16-31-19-11-5-2-6-12-19)29(24)15-18-9-3-1-4-10-18/h1-14H,15-17H2,(H,26,30). The third-order valence-corrected chi connectivity index (χ3v) is 5.86. The van der Waals surface area contributed by atoms with Crippen molar-refractivity contribution in [3.63, 3.8) is 0 Å². The molecule has 0 aliphatic rings. The van der Waals surface area contributed by atoms with Crippen LogP contribution in [0.5, 0.6) is 5.75 Å². The molecular weight excluding hydrogens is 444 g/mol. The molecular formula is C24H21ClN4O2S. The van der Waals surface area contributed by atoms with E-state index >= 15 is 0 Å². The van der Waals surface area contributed by atoms with E-state index in [9.17, 15) is 4.79 Å². The molecule has 162 valence electrons. The van der Waals surface area contributed by atoms with Gasteiger partial charge in [0.05, 0.1) is 23.0 Å². The molecule has 3 aromatic carbocycles. The normalized spacial score (nSPS) is 10.7. The first-order chi connectivity index (χ1) is 15.7. The summed E-state index contributed by atoms with van der Waals surface area (Å²) in [6.07, 6.45) is 0. The van der Waals surface area contributed by atoms with Gasteiger partial charge in [0, 0.05) is 0 Å². The smallest absolute Gasteiger partial charge is 0.234 e. The highest BCUT2D eigenvalue weighted by atomic mass is 35.5. The number of nitrogens with one attached hydrogen (secondary N) is 1. The van der Waals surface area contributed by atoms with Crippen molar-refractivity contribution in [3.05, 3.63) is 101 Å². The van der Waals surface area contributed by atoms with E-state index in [2.05, 4.69) is 15.5 Å². The van der Waals surface area contributed by atoms with Gasteiger partial charge in [-0.2, -0.15) is 0 Å². The molecule has 0 atom stereocenters. The van der Waals surface area contributed by atoms with Crippen LogP contribution in [0.2, 0.25) is 5.02 Å². The summed E-state index contributed by atoms with van der Waals surface area (Å²) in [6, 6.07) is 26.7. The Bertz CT molecular complexity index is 1170. The second kappa shape index (κ2) is 10.8. The molecule has 1 heterocycles. The van der Waals surface area contributed by atoms with Crippen LogP contribution in [0, 0.1) is 0 Å². The van der Waals surface area contributed by atoms with Gasteiger partial charge in [0.15, 0.2) is 11.0 Å². The van der Waals surface area contributed by atoms with Crippen LogP contribution in [0.15, 0.2) is 90.1 Å². The monoisotopic (exact) mass is 464 g/mol. The number of thioether (sulfide) groups is 1. The van der Waals surface area contributed by atoms with E-state index in [0.717, 1.165) is 11.3 Å². The van der Waals surface area contributed by atoms with E-state index < -0.39 is 0 Å². The summed E-state index contributed by atoms with van der Waals surface area (Å²) in [6.45, 7) is 0.853. The number of hydrogen-bond acceptors (Lipinski definition) is 5. The van der Waals surface area contributed by atoms with Gasteiger partial charge in [-0.15, -0.1) is 10.2 Å². The first-order valence-electron chi connectivity index (χ1n) is 10.00. The fraction of sp³-hybridized carbons (Fsp3) is 0.125. The molecule has 0 saturated heterocycles. The van der Waals surface area contributed by atoms with Gasteiger partial charge < -0.3 is 10.1 Å². The van der Waals surface area contributed by atoms with Crippen LogP contribution < -0.4 is 10.1 Å². The average Bonchev–Trinajstić information content (AvgIpc) is 3.20. The molecule has 1 N–H and O–H groups in total. The SMILES string of the molecule is O=C(CSc1nnc(COc2ccccc2)n1Cc1ccccc1)Nc1ccccc1Cl. The first-order valence-corrected chi connectivity index (χ1v) is 11.4. The summed E-state index contributed by atoms with van der Waals surface area (Å²) < 4.78 is 7.85. The zero-order chi connectivity index (χ0) is 22.2. The van der Waals surface area contributed by atoms with Crippen LogP contribution in [0.1, 0.15) is 11.4 Å². The maximum atomic E-state index is 12.5. The molecule has 0 bridgehead atoms. The van der Waals surface area contributed by atoms with E-state index in [-0.39, 0.29) is 18.3 Å². The maximum Gasteiger partial charge on any atom is 0.234 e. The van der Waals surface area contributed by atoms with Gasteiger partial charge in [-0.1, -0.05) is 84.0 Å². The van der Waals surface area contributed by atoms with Gasteiger partial charge in [0.2, 0.25) is 5.91 Å². The van der Waals surface area contributed by atoms with Gasteiger partial charge in [-0.05, 0) is 29.8 Å². The quantitative estimate of drug-likeness (QED) is 0.341. The van der Waals surface area contributed by atoms with Crippen molar-refractivity contribution in [1.29, 1.82) is 0 Å². The van der Waals surface area contributed by atoms with Crippen molar-refractivity contribution in [2.45, 2.75) is 18.3 Å². The van der Waals surface area contributed by atoms with Gasteiger partial charge in [0.1, 0.15) is 12.4 Å². The minimum Gasteiger partial charge on any atom is -0.486 e. The summed E-state index contributed by atoms with van der Waals surface area (Å²) >= 11 is 7.45. The number of hydrogen-bond donors (Lipinski definition) is 1. The number of benzene rings is 3. The number of para-hydroxylation sites is 2. The predicted molar refractivity (Wildman–Crippen MR) is 127 cm³/mol. The molecule has 1 amide bonds. The lowest BCUT2D eigenvalue weighted by atomic mass is 10.2. The van der Waals surface area contributed by atoms with Crippen LogP contribution in [-0.4, -0.2) is 26.4 Å². The minimum atomic E-state index is -0.167. The zero-order valence-electron chi connectivity index (χ0n) is 17.1. The van der Waals surface area contributed by atoms with E-state index in [0.29, 0.717) is 28.2 Å². The van der Waals surface area contributed by atoms with Crippen molar-refractivity contribution in [3.8, 4) is 5.75 Å². The van der Waals surface area contributed by atoms with Crippen LogP contribution in [0.25, 0.3) is 0 Å². The molecule has 4 aromatic rings. The van der Waals surface area contributed by atoms with E-state index in [4.69, 9.17) is 16.3 Å². The first kappa shape index (κ1) is 21.9. The Morgan fingerprint density at radius 1 is 0.938 bits per heavy atom. The number of ether oxygens (including phenoxy) is 1. The highest BCUT2D eigenvalue weighted by Gasteiger charge is 2.16. The molecule has 0 unspecified atom stereocenters. The fourth-order valence-corrected chi connectivity index (χ4v) is 3.94. The average molecular weight is 465 g/mol. The summed E-state index contributed by atoms with van der Waals surface area (Å²) in [5, 5.41) is 12.6. The number of amides is 1. The van der Waals surface area contributed by atoms with Gasteiger partial charge in [-0.25, -0.2) is 0 Å². The van der Waals surface area contributed by atoms with Crippen molar-refractivity contribution < 1.29 is 9.53 Å². The van der Waals surface area contributed by atoms with Gasteiger partial charge >= 0.3 is 0 Å². The third kappa shape index (κ3) is 5.90. The molecule has 0 radical (unpaired) electrons. The molecule has 0 spiro atoms. The molecule has 0 aliphatic carbocycles. The lowest BCUT2D eigenvalue weighted by Gasteiger charge is -2.11. The van der Waals surface area contributed by atoms with E-state index in [1.807, 2.05) is 77.4 Å². The highest BCUT2D eigenvalue weighted by Crippen LogP contribution is 2.23. The molecule has 4 rings (SSSR count). The van der Waals surface area contributed by atoms with Crippen molar-refractivity contribution in [2.75, 3.05) is 11.1 Å². The minimum absolute atomic E-state index is 0.167. The fourth-order valence-electron chi connectivity index (χ4n) is 3.00. The summed E-state index contributed by atoms with van der Waals surface area (Å²) in [5.41, 5.74) is 1.69. The Hall–Kier alpha value is -3.29. The largest absolute Gasteiger partial charge is 0.486 e. The topological polar surface area (TPSA) is 69.0 Å². The summed E-state index contributed by atoms with van der Waals surface area (Å²) in [7, 11) is 0. The van der Waals surface area contributed by atoms with E-state index in [1.54, 1.807) is 12.1 Å². The number of carbonyl (C=O) groups excluding carboxylic acids is 1. The van der Waals surface area contributed by atoms with Crippen LogP contribution in [0.4, 0.5) is 5.69 Å². The van der Waals surface area contributed by atoms with Gasteiger partial charge in [0.25, 0.3) is 0 Å². The molecule has 0 fully saturated rings. The van der Waals surface area contributed by atoms with Crippen molar-refractivity contribution in [2.24, 2.45) is 0 Å². The van der Waals surface area contributed by atoms with E-state index in [1.165, 1.54) is 11.8 Å². The third-order valence-electron chi connectivity index (χ3n) is 4.57. The molecule has 0 saturated carbocycles. The molecule has 6 nitrogen and oxygen atoms in total. The molecule has 0 aliphatic heterocycles. The Labute approximate surface area is 195 Å². The summed E-state index contributed by atoms with van der Waals surface area (Å²) in [5.74, 6) is 1.46. The number of halogens is 1. The number of nitrogens with zero attached hydrogens (tertiary/aromatic N) is 3. The molecule has 32 heavy (non-hydrogen) atoms. The predicted octanol–water partition coefficient (Wildman–Crippen LogP) is 5.29. The second-order valence-corrected chi connectivity index (χ2v) is 8.24. The van der Waals surface area contributed by atoms with Crippen molar-refractivity contribution in [1.82, 2.24) is 14.8 Å². The van der Waals surface area contributed by atoms with Crippen LogP contribution in [-0.2, 0) is 17.9 Å². The number of carbonyl (C=O) groups is 1. The lowest BCUT2D eigenvalue weighted by Crippen LogP contribution is -2.15. The lowest BCUT2D eigenvalue weighted by molar-refractivity contribution is -0.113. The Kier molecular flexibility index (Phi) is 7.42. The Balaban J connectivity index is 1.47. The summed E-state index contributed by atoms with van der Waals surface area (Å²) in [4.78, 5) is 12.5. The second-order valence-electron chi connectivity index (χ2n) is 6.89. The maximum absolute atomic E-state index is 12.5. The number of anilines is 1. The van der Waals surface area contributed by atoms with Gasteiger partial charge in [-0.3, -0.25) is 9.36 Å². The zero-order valence-corrected chi connectivity index (χ0v) is 18.7. The number of aromatic nitrogens is 3. The van der Waals surface area contributed by atoms with Crippen LogP contribution in [0.3, 0.4) is 0 Å². The Morgan fingerprint density at radius 3 is 2.38 bits per heavy atom. The van der Waals surface area contributed by atoms with Crippen LogP contribution >= 0.6 is 23.4 Å². The van der Waals surface area contributed by atoms with Crippen molar-refractivity contribution >= 4 is 35.0 Å². The molecule has 1 aromatic heterocycles. The number of rotatable bonds is 9. The highest BCUT2D eigenvalue weighted by molar-refractivity contribution is 7.99. The molecule has 8 heteroatoms. The Morgan fingerprint density at radius 2 is 1.62 bits per heavy atom.